The summed E-state index contributed by atoms with van der Waals surface area (Å²) >= 11 is 0. The van der Waals surface area contributed by atoms with E-state index in [-0.39, 0.29) is 18.5 Å². The van der Waals surface area contributed by atoms with Crippen LogP contribution in [-0.4, -0.2) is 17.8 Å². The van der Waals surface area contributed by atoms with E-state index in [9.17, 15) is 23.2 Å². The maximum absolute atomic E-state index is 13.3. The van der Waals surface area contributed by atoms with Crippen LogP contribution in [0, 0.1) is 17.0 Å². The largest absolute Gasteiger partial charge is 0.335 e. The fourth-order valence-corrected chi connectivity index (χ4v) is 2.45. The van der Waals surface area contributed by atoms with E-state index in [1.807, 2.05) is 0 Å². The Labute approximate surface area is 119 Å². The van der Waals surface area contributed by atoms with E-state index >= 15 is 0 Å². The van der Waals surface area contributed by atoms with E-state index < -0.39 is 34.9 Å². The monoisotopic (exact) mass is 296 g/mol. The van der Waals surface area contributed by atoms with E-state index in [0.717, 1.165) is 12.1 Å². The van der Waals surface area contributed by atoms with Gasteiger partial charge in [0.05, 0.1) is 5.69 Å². The molecule has 1 N–H and O–H groups in total. The van der Waals surface area contributed by atoms with Crippen molar-refractivity contribution in [2.75, 3.05) is 4.90 Å². The molecule has 21 heavy (non-hydrogen) atoms. The number of nitrogens with zero attached hydrogens (tertiary/aromatic N) is 1. The van der Waals surface area contributed by atoms with Crippen molar-refractivity contribution in [3.63, 3.8) is 0 Å². The molecular formula is C14H14F2N2O3. The lowest BCUT2D eigenvalue weighted by atomic mass is 9.78. The number of halogens is 2. The smallest absolute Gasteiger partial charge is 0.276 e. The van der Waals surface area contributed by atoms with Gasteiger partial charge in [0.1, 0.15) is 17.0 Å². The number of anilines is 1. The summed E-state index contributed by atoms with van der Waals surface area (Å²) in [6.07, 6.45) is 0.353. The van der Waals surface area contributed by atoms with Crippen LogP contribution >= 0.6 is 0 Å². The van der Waals surface area contributed by atoms with Gasteiger partial charge in [-0.1, -0.05) is 13.8 Å². The van der Waals surface area contributed by atoms with Gasteiger partial charge in [-0.3, -0.25) is 14.9 Å². The summed E-state index contributed by atoms with van der Waals surface area (Å²) in [6.45, 7) is 3.28. The van der Waals surface area contributed by atoms with Crippen LogP contribution in [0.25, 0.3) is 0 Å². The summed E-state index contributed by atoms with van der Waals surface area (Å²) < 4.78 is 26.6. The van der Waals surface area contributed by atoms with Gasteiger partial charge < -0.3 is 0 Å². The van der Waals surface area contributed by atoms with Gasteiger partial charge >= 0.3 is 6.03 Å². The zero-order valence-electron chi connectivity index (χ0n) is 11.6. The second-order valence-electron chi connectivity index (χ2n) is 4.82. The summed E-state index contributed by atoms with van der Waals surface area (Å²) in [7, 11) is 0. The lowest BCUT2D eigenvalue weighted by Crippen LogP contribution is -2.64. The molecule has 0 aliphatic carbocycles. The number of carbonyl (C=O) groups excluding carboxylic acids is 3. The van der Waals surface area contributed by atoms with Gasteiger partial charge in [-0.2, -0.15) is 0 Å². The first-order valence-corrected chi connectivity index (χ1v) is 6.51. The van der Waals surface area contributed by atoms with Crippen molar-refractivity contribution < 1.29 is 23.2 Å². The quantitative estimate of drug-likeness (QED) is 0.871. The Morgan fingerprint density at radius 2 is 1.57 bits per heavy atom. The zero-order valence-corrected chi connectivity index (χ0v) is 11.6. The van der Waals surface area contributed by atoms with Gasteiger partial charge in [0.15, 0.2) is 0 Å². The molecule has 1 heterocycles. The van der Waals surface area contributed by atoms with Crippen LogP contribution in [0.15, 0.2) is 18.2 Å². The molecule has 0 unspecified atom stereocenters. The van der Waals surface area contributed by atoms with Crippen molar-refractivity contribution in [3.8, 4) is 0 Å². The molecule has 0 spiro atoms. The first-order valence-electron chi connectivity index (χ1n) is 6.51. The molecule has 0 saturated carbocycles. The van der Waals surface area contributed by atoms with E-state index in [1.165, 1.54) is 0 Å². The van der Waals surface area contributed by atoms with Crippen LogP contribution in [0.1, 0.15) is 26.7 Å². The van der Waals surface area contributed by atoms with Gasteiger partial charge in [0.2, 0.25) is 5.91 Å². The molecule has 5 nitrogen and oxygen atoms in total. The molecule has 0 bridgehead atoms. The molecule has 1 aliphatic heterocycles. The van der Waals surface area contributed by atoms with Crippen LogP contribution in [0.3, 0.4) is 0 Å². The molecule has 0 radical (unpaired) electrons. The molecule has 0 atom stereocenters. The third-order valence-corrected chi connectivity index (χ3v) is 3.78. The van der Waals surface area contributed by atoms with Crippen LogP contribution < -0.4 is 10.2 Å². The van der Waals surface area contributed by atoms with Crippen molar-refractivity contribution in [1.82, 2.24) is 5.32 Å². The van der Waals surface area contributed by atoms with Gasteiger partial charge in [-0.05, 0) is 25.0 Å². The zero-order chi connectivity index (χ0) is 15.8. The highest BCUT2D eigenvalue weighted by Crippen LogP contribution is 2.35. The second-order valence-corrected chi connectivity index (χ2v) is 4.82. The highest BCUT2D eigenvalue weighted by Gasteiger charge is 2.52. The molecule has 1 saturated heterocycles. The third-order valence-electron chi connectivity index (χ3n) is 3.78. The Hall–Kier alpha value is -2.31. The number of imide groups is 2. The average Bonchev–Trinajstić information content (AvgIpc) is 2.38. The maximum atomic E-state index is 13.3. The van der Waals surface area contributed by atoms with Gasteiger partial charge in [-0.25, -0.2) is 18.5 Å². The second kappa shape index (κ2) is 5.23. The molecule has 1 fully saturated rings. The number of rotatable bonds is 3. The predicted octanol–water partition coefficient (Wildman–Crippen LogP) is 2.35. The Morgan fingerprint density at radius 1 is 1.05 bits per heavy atom. The number of barbiturate groups is 1. The molecule has 4 amide bonds. The fourth-order valence-electron chi connectivity index (χ4n) is 2.45. The molecule has 112 valence electrons. The number of amides is 4. The highest BCUT2D eigenvalue weighted by atomic mass is 19.1. The molecular weight excluding hydrogens is 282 g/mol. The predicted molar refractivity (Wildman–Crippen MR) is 70.4 cm³/mol. The van der Waals surface area contributed by atoms with Crippen molar-refractivity contribution >= 4 is 23.5 Å². The number of carbonyl (C=O) groups is 3. The lowest BCUT2D eigenvalue weighted by molar-refractivity contribution is -0.143. The van der Waals surface area contributed by atoms with Crippen molar-refractivity contribution in [1.29, 1.82) is 0 Å². The number of nitrogens with one attached hydrogen (secondary N) is 1. The number of hydrogen-bond acceptors (Lipinski definition) is 3. The van der Waals surface area contributed by atoms with Crippen LogP contribution in [0.2, 0.25) is 0 Å². The maximum Gasteiger partial charge on any atom is 0.335 e. The average molecular weight is 296 g/mol. The summed E-state index contributed by atoms with van der Waals surface area (Å²) in [4.78, 5) is 37.0. The Kier molecular flexibility index (Phi) is 3.76. The molecule has 2 rings (SSSR count). The van der Waals surface area contributed by atoms with Crippen molar-refractivity contribution in [2.24, 2.45) is 5.41 Å². The first kappa shape index (κ1) is 15.1. The normalized spacial score (nSPS) is 17.9. The molecule has 1 aliphatic rings. The minimum absolute atomic E-state index is 0.176. The summed E-state index contributed by atoms with van der Waals surface area (Å²) in [5.74, 6) is -3.29. The van der Waals surface area contributed by atoms with E-state index in [4.69, 9.17) is 0 Å². The van der Waals surface area contributed by atoms with Crippen molar-refractivity contribution in [2.45, 2.75) is 26.7 Å². The van der Waals surface area contributed by atoms with Crippen LogP contribution in [0.4, 0.5) is 19.3 Å². The summed E-state index contributed by atoms with van der Waals surface area (Å²) in [6, 6.07) is 1.36. The molecule has 1 aromatic carbocycles. The number of hydrogen-bond donors (Lipinski definition) is 1. The lowest BCUT2D eigenvalue weighted by Gasteiger charge is -2.38. The Balaban J connectivity index is 2.54. The van der Waals surface area contributed by atoms with Gasteiger partial charge in [0, 0.05) is 6.07 Å². The Bertz CT molecular complexity index is 606. The minimum Gasteiger partial charge on any atom is -0.276 e. The molecule has 7 heteroatoms. The van der Waals surface area contributed by atoms with Crippen molar-refractivity contribution in [3.05, 3.63) is 29.8 Å². The fraction of sp³-hybridized carbons (Fsp3) is 0.357. The highest BCUT2D eigenvalue weighted by molar-refractivity contribution is 6.29. The topological polar surface area (TPSA) is 66.5 Å². The number of benzene rings is 1. The summed E-state index contributed by atoms with van der Waals surface area (Å²) in [5, 5.41) is 2.07. The third kappa shape index (κ3) is 2.28. The minimum atomic E-state index is -1.41. The molecule has 1 aromatic rings. The van der Waals surface area contributed by atoms with E-state index in [1.54, 1.807) is 13.8 Å². The molecule has 0 aromatic heterocycles. The summed E-state index contributed by atoms with van der Waals surface area (Å²) in [5.41, 5.74) is -1.65. The first-order chi connectivity index (χ1) is 9.85. The Morgan fingerprint density at radius 3 is 2.05 bits per heavy atom. The van der Waals surface area contributed by atoms with Gasteiger partial charge in [0.25, 0.3) is 5.91 Å². The van der Waals surface area contributed by atoms with Crippen LogP contribution in [-0.2, 0) is 9.59 Å². The standard InChI is InChI=1S/C14H14F2N2O3/c1-3-14(4-2)11(19)17-13(21)18(12(14)20)10-6-8(15)5-9(16)7-10/h5-7H,3-4H2,1-2H3,(H,17,19,21). The van der Waals surface area contributed by atoms with Gasteiger partial charge in [-0.15, -0.1) is 0 Å². The van der Waals surface area contributed by atoms with E-state index in [2.05, 4.69) is 5.32 Å². The SMILES string of the molecule is CCC1(CC)C(=O)NC(=O)N(c2cc(F)cc(F)c2)C1=O. The number of urea groups is 1. The van der Waals surface area contributed by atoms with E-state index in [0.29, 0.717) is 11.0 Å². The van der Waals surface area contributed by atoms with Crippen LogP contribution in [0.5, 0.6) is 0 Å².